The van der Waals surface area contributed by atoms with Crippen LogP contribution in [0.1, 0.15) is 19.3 Å². The molecule has 0 aromatic heterocycles. The molecule has 2 rings (SSSR count). The molecule has 1 aromatic carbocycles. The Labute approximate surface area is 123 Å². The Morgan fingerprint density at radius 3 is 2.48 bits per heavy atom. The third-order valence-corrected chi connectivity index (χ3v) is 5.77. The van der Waals surface area contributed by atoms with E-state index >= 15 is 0 Å². The van der Waals surface area contributed by atoms with Crippen LogP contribution >= 0.6 is 0 Å². The van der Waals surface area contributed by atoms with E-state index in [0.717, 1.165) is 19.3 Å². The number of benzene rings is 1. The minimum absolute atomic E-state index is 0.229. The number of nitro benzene ring substituents is 1. The first-order valence-electron chi connectivity index (χ1n) is 6.90. The molecule has 1 aliphatic heterocycles. The zero-order chi connectivity index (χ0) is 15.5. The number of para-hydroxylation sites is 1. The maximum atomic E-state index is 12.6. The fourth-order valence-corrected chi connectivity index (χ4v) is 4.27. The van der Waals surface area contributed by atoms with E-state index in [9.17, 15) is 18.5 Å². The third-order valence-electron chi connectivity index (χ3n) is 3.83. The van der Waals surface area contributed by atoms with Crippen molar-refractivity contribution in [3.05, 3.63) is 34.4 Å². The van der Waals surface area contributed by atoms with Crippen molar-refractivity contribution in [1.82, 2.24) is 4.31 Å². The Morgan fingerprint density at radius 2 is 1.90 bits per heavy atom. The zero-order valence-corrected chi connectivity index (χ0v) is 12.5. The van der Waals surface area contributed by atoms with E-state index < -0.39 is 14.9 Å². The number of hydrogen-bond donors (Lipinski definition) is 1. The first-order valence-corrected chi connectivity index (χ1v) is 8.34. The Morgan fingerprint density at radius 1 is 1.29 bits per heavy atom. The van der Waals surface area contributed by atoms with Crippen LogP contribution in [0.4, 0.5) is 5.69 Å². The van der Waals surface area contributed by atoms with E-state index in [0.29, 0.717) is 25.6 Å². The van der Waals surface area contributed by atoms with E-state index in [1.54, 1.807) is 0 Å². The van der Waals surface area contributed by atoms with E-state index in [2.05, 4.69) is 0 Å². The van der Waals surface area contributed by atoms with Gasteiger partial charge in [0.2, 0.25) is 10.0 Å². The van der Waals surface area contributed by atoms with Gasteiger partial charge in [0.25, 0.3) is 5.69 Å². The molecule has 0 amide bonds. The van der Waals surface area contributed by atoms with Gasteiger partial charge in [0.05, 0.1) is 4.92 Å². The summed E-state index contributed by atoms with van der Waals surface area (Å²) in [6.45, 7) is 1.37. The average Bonchev–Trinajstić information content (AvgIpc) is 2.48. The number of hydrogen-bond acceptors (Lipinski definition) is 5. The summed E-state index contributed by atoms with van der Waals surface area (Å²) in [7, 11) is -3.82. The van der Waals surface area contributed by atoms with Crippen LogP contribution in [0.15, 0.2) is 29.2 Å². The van der Waals surface area contributed by atoms with E-state index in [-0.39, 0.29) is 10.6 Å². The molecule has 0 bridgehead atoms. The summed E-state index contributed by atoms with van der Waals surface area (Å²) in [4.78, 5) is 10.1. The van der Waals surface area contributed by atoms with Crippen LogP contribution in [-0.4, -0.2) is 37.3 Å². The summed E-state index contributed by atoms with van der Waals surface area (Å²) in [6.07, 6.45) is 2.38. The van der Waals surface area contributed by atoms with Crippen LogP contribution in [0.25, 0.3) is 0 Å². The highest BCUT2D eigenvalue weighted by atomic mass is 32.2. The van der Waals surface area contributed by atoms with E-state index in [4.69, 9.17) is 5.73 Å². The number of nitro groups is 1. The molecule has 0 saturated carbocycles. The van der Waals surface area contributed by atoms with Gasteiger partial charge in [0.15, 0.2) is 4.90 Å². The minimum atomic E-state index is -3.82. The lowest BCUT2D eigenvalue weighted by Crippen LogP contribution is -2.39. The number of nitrogens with zero attached hydrogens (tertiary/aromatic N) is 2. The quantitative estimate of drug-likeness (QED) is 0.652. The average molecular weight is 313 g/mol. The molecular weight excluding hydrogens is 294 g/mol. The van der Waals surface area contributed by atoms with Gasteiger partial charge < -0.3 is 5.73 Å². The molecule has 1 fully saturated rings. The lowest BCUT2D eigenvalue weighted by molar-refractivity contribution is -0.387. The van der Waals surface area contributed by atoms with Crippen LogP contribution in [0.3, 0.4) is 0 Å². The molecule has 0 spiro atoms. The van der Waals surface area contributed by atoms with Crippen molar-refractivity contribution in [3.8, 4) is 0 Å². The maximum absolute atomic E-state index is 12.6. The lowest BCUT2D eigenvalue weighted by Gasteiger charge is -2.30. The van der Waals surface area contributed by atoms with E-state index in [1.807, 2.05) is 0 Å². The summed E-state index contributed by atoms with van der Waals surface area (Å²) >= 11 is 0. The maximum Gasteiger partial charge on any atom is 0.289 e. The topological polar surface area (TPSA) is 107 Å². The zero-order valence-electron chi connectivity index (χ0n) is 11.6. The molecule has 0 aliphatic carbocycles. The number of nitrogens with two attached hydrogens (primary N) is 1. The highest BCUT2D eigenvalue weighted by Crippen LogP contribution is 2.29. The second-order valence-electron chi connectivity index (χ2n) is 5.15. The molecular formula is C13H19N3O4S. The van der Waals surface area contributed by atoms with Crippen LogP contribution in [0.5, 0.6) is 0 Å². The van der Waals surface area contributed by atoms with Crippen LogP contribution < -0.4 is 5.73 Å². The van der Waals surface area contributed by atoms with Crippen molar-refractivity contribution in [1.29, 1.82) is 0 Å². The third kappa shape index (κ3) is 3.39. The van der Waals surface area contributed by atoms with Gasteiger partial charge >= 0.3 is 0 Å². The Balaban J connectivity index is 2.22. The second-order valence-corrected chi connectivity index (χ2v) is 7.06. The first kappa shape index (κ1) is 15.9. The molecule has 0 unspecified atom stereocenters. The number of piperidine rings is 1. The van der Waals surface area contributed by atoms with Crippen molar-refractivity contribution in [2.24, 2.45) is 11.7 Å². The van der Waals surface area contributed by atoms with Crippen molar-refractivity contribution in [2.45, 2.75) is 24.2 Å². The summed E-state index contributed by atoms with van der Waals surface area (Å²) in [5, 5.41) is 11.0. The van der Waals surface area contributed by atoms with Gasteiger partial charge in [-0.25, -0.2) is 8.42 Å². The predicted molar refractivity (Wildman–Crippen MR) is 78.3 cm³/mol. The summed E-state index contributed by atoms with van der Waals surface area (Å²) in [6, 6.07) is 5.47. The summed E-state index contributed by atoms with van der Waals surface area (Å²) in [5.74, 6) is 0.437. The molecule has 0 radical (unpaired) electrons. The molecule has 21 heavy (non-hydrogen) atoms. The van der Waals surface area contributed by atoms with Gasteiger partial charge in [0.1, 0.15) is 0 Å². The van der Waals surface area contributed by atoms with Gasteiger partial charge in [0, 0.05) is 19.2 Å². The van der Waals surface area contributed by atoms with E-state index in [1.165, 1.54) is 28.6 Å². The van der Waals surface area contributed by atoms with Crippen molar-refractivity contribution < 1.29 is 13.3 Å². The first-order chi connectivity index (χ1) is 9.96. The summed E-state index contributed by atoms with van der Waals surface area (Å²) in [5.41, 5.74) is 5.14. The molecule has 1 saturated heterocycles. The number of rotatable bonds is 5. The Hall–Kier alpha value is -1.51. The van der Waals surface area contributed by atoms with Gasteiger partial charge in [-0.2, -0.15) is 4.31 Å². The number of sulfonamides is 1. The van der Waals surface area contributed by atoms with Crippen molar-refractivity contribution in [3.63, 3.8) is 0 Å². The molecule has 7 nitrogen and oxygen atoms in total. The molecule has 1 aromatic rings. The van der Waals surface area contributed by atoms with Crippen LogP contribution in [0, 0.1) is 16.0 Å². The molecule has 8 heteroatoms. The van der Waals surface area contributed by atoms with Gasteiger partial charge in [-0.15, -0.1) is 0 Å². The van der Waals surface area contributed by atoms with Crippen LogP contribution in [0.2, 0.25) is 0 Å². The SMILES string of the molecule is NCCC1CCN(S(=O)(=O)c2ccccc2[N+](=O)[O-])CC1. The van der Waals surface area contributed by atoms with Crippen LogP contribution in [-0.2, 0) is 10.0 Å². The smallest absolute Gasteiger partial charge is 0.289 e. The Bertz CT molecular complexity index is 610. The standard InChI is InChI=1S/C13H19N3O4S/c14-8-5-11-6-9-15(10-7-11)21(19,20)13-4-2-1-3-12(13)16(17)18/h1-4,11H,5-10,14H2. The van der Waals surface area contributed by atoms with Gasteiger partial charge in [-0.3, -0.25) is 10.1 Å². The highest BCUT2D eigenvalue weighted by molar-refractivity contribution is 7.89. The molecule has 1 heterocycles. The largest absolute Gasteiger partial charge is 0.330 e. The lowest BCUT2D eigenvalue weighted by atomic mass is 9.95. The van der Waals surface area contributed by atoms with Gasteiger partial charge in [-0.05, 0) is 37.8 Å². The normalized spacial score (nSPS) is 17.8. The molecule has 2 N–H and O–H groups in total. The van der Waals surface area contributed by atoms with Crippen molar-refractivity contribution in [2.75, 3.05) is 19.6 Å². The summed E-state index contributed by atoms with van der Waals surface area (Å²) < 4.78 is 26.5. The van der Waals surface area contributed by atoms with Gasteiger partial charge in [-0.1, -0.05) is 12.1 Å². The highest BCUT2D eigenvalue weighted by Gasteiger charge is 2.33. The fourth-order valence-electron chi connectivity index (χ4n) is 2.64. The molecule has 116 valence electrons. The molecule has 0 atom stereocenters. The Kier molecular flexibility index (Phi) is 4.92. The predicted octanol–water partition coefficient (Wildman–Crippen LogP) is 1.34. The molecule has 1 aliphatic rings. The second kappa shape index (κ2) is 6.50. The monoisotopic (exact) mass is 313 g/mol. The minimum Gasteiger partial charge on any atom is -0.330 e. The fraction of sp³-hybridized carbons (Fsp3) is 0.538. The van der Waals surface area contributed by atoms with Crippen molar-refractivity contribution >= 4 is 15.7 Å².